The minimum atomic E-state index is -0.383. The molecular weight excluding hydrogens is 430 g/mol. The number of carbonyl (C=O) groups excluding carboxylic acids is 2. The number of urea groups is 1. The van der Waals surface area contributed by atoms with Crippen LogP contribution in [0.2, 0.25) is 0 Å². The highest BCUT2D eigenvalue weighted by Gasteiger charge is 2.33. The third-order valence-corrected chi connectivity index (χ3v) is 6.02. The smallest absolute Gasteiger partial charge is 0.329 e. The Balaban J connectivity index is 1.51. The summed E-state index contributed by atoms with van der Waals surface area (Å²) in [6.07, 6.45) is 5.55. The SMILES string of the molecule is Cc1cc(N2CCCCC2)ccc1/C=C1/NC(=O)N(Cc2ccc(Br)cc2)C1=O. The molecule has 0 atom stereocenters. The molecule has 2 heterocycles. The van der Waals surface area contributed by atoms with Crippen LogP contribution in [0.5, 0.6) is 0 Å². The first-order valence-electron chi connectivity index (χ1n) is 9.96. The molecule has 2 aromatic rings. The molecule has 0 bridgehead atoms. The van der Waals surface area contributed by atoms with Gasteiger partial charge >= 0.3 is 6.03 Å². The lowest BCUT2D eigenvalue weighted by Crippen LogP contribution is -2.30. The molecule has 2 aromatic carbocycles. The van der Waals surface area contributed by atoms with E-state index in [2.05, 4.69) is 38.3 Å². The highest BCUT2D eigenvalue weighted by Crippen LogP contribution is 2.25. The summed E-state index contributed by atoms with van der Waals surface area (Å²) in [6.45, 7) is 4.49. The van der Waals surface area contributed by atoms with E-state index in [1.807, 2.05) is 37.3 Å². The minimum Gasteiger partial charge on any atom is -0.372 e. The molecule has 1 N–H and O–H groups in total. The summed E-state index contributed by atoms with van der Waals surface area (Å²) in [4.78, 5) is 28.8. The van der Waals surface area contributed by atoms with E-state index in [4.69, 9.17) is 0 Å². The monoisotopic (exact) mass is 453 g/mol. The number of imide groups is 1. The average Bonchev–Trinajstić information content (AvgIpc) is 2.99. The summed E-state index contributed by atoms with van der Waals surface area (Å²) in [5.41, 5.74) is 4.48. The van der Waals surface area contributed by atoms with E-state index in [-0.39, 0.29) is 18.5 Å². The molecule has 3 amide bonds. The lowest BCUT2D eigenvalue weighted by Gasteiger charge is -2.29. The largest absolute Gasteiger partial charge is 0.372 e. The quantitative estimate of drug-likeness (QED) is 0.532. The Morgan fingerprint density at radius 1 is 1.03 bits per heavy atom. The Kier molecular flexibility index (Phi) is 5.72. The van der Waals surface area contributed by atoms with Crippen molar-refractivity contribution in [3.05, 3.63) is 69.3 Å². The van der Waals surface area contributed by atoms with Crippen molar-refractivity contribution in [3.63, 3.8) is 0 Å². The van der Waals surface area contributed by atoms with E-state index in [0.29, 0.717) is 5.70 Å². The van der Waals surface area contributed by atoms with Crippen LogP contribution in [0.4, 0.5) is 10.5 Å². The molecule has 29 heavy (non-hydrogen) atoms. The fourth-order valence-electron chi connectivity index (χ4n) is 3.81. The lowest BCUT2D eigenvalue weighted by atomic mass is 10.0. The van der Waals surface area contributed by atoms with Crippen LogP contribution in [0.1, 0.15) is 36.0 Å². The lowest BCUT2D eigenvalue weighted by molar-refractivity contribution is -0.123. The number of hydrogen-bond acceptors (Lipinski definition) is 3. The standard InChI is InChI=1S/C23H24BrN3O2/c1-16-13-20(26-11-3-2-4-12-26)10-7-18(16)14-21-22(28)27(23(29)25-21)15-17-5-8-19(24)9-6-17/h5-10,13-14H,2-4,11-12,15H2,1H3,(H,25,29)/b21-14+. The van der Waals surface area contributed by atoms with Gasteiger partial charge < -0.3 is 10.2 Å². The zero-order valence-corrected chi connectivity index (χ0v) is 18.0. The van der Waals surface area contributed by atoms with Gasteiger partial charge in [-0.25, -0.2) is 4.79 Å². The molecule has 2 aliphatic heterocycles. The number of nitrogens with zero attached hydrogens (tertiary/aromatic N) is 2. The summed E-state index contributed by atoms with van der Waals surface area (Å²) in [5, 5.41) is 2.72. The Hall–Kier alpha value is -2.60. The third kappa shape index (κ3) is 4.37. The summed E-state index contributed by atoms with van der Waals surface area (Å²) in [5.74, 6) is -0.294. The Morgan fingerprint density at radius 2 is 1.76 bits per heavy atom. The number of amides is 3. The Bertz CT molecular complexity index is 963. The van der Waals surface area contributed by atoms with Gasteiger partial charge in [0.1, 0.15) is 5.70 Å². The maximum atomic E-state index is 12.8. The second-order valence-electron chi connectivity index (χ2n) is 7.59. The third-order valence-electron chi connectivity index (χ3n) is 5.49. The highest BCUT2D eigenvalue weighted by molar-refractivity contribution is 9.10. The van der Waals surface area contributed by atoms with E-state index in [1.54, 1.807) is 6.08 Å². The van der Waals surface area contributed by atoms with Crippen molar-refractivity contribution in [2.45, 2.75) is 32.7 Å². The zero-order chi connectivity index (χ0) is 20.4. The number of nitrogens with one attached hydrogen (secondary N) is 1. The van der Waals surface area contributed by atoms with Crippen LogP contribution in [-0.4, -0.2) is 29.9 Å². The van der Waals surface area contributed by atoms with E-state index < -0.39 is 0 Å². The topological polar surface area (TPSA) is 52.7 Å². The van der Waals surface area contributed by atoms with Gasteiger partial charge in [0, 0.05) is 23.2 Å². The molecule has 5 nitrogen and oxygen atoms in total. The van der Waals surface area contributed by atoms with Crippen LogP contribution in [-0.2, 0) is 11.3 Å². The molecule has 0 unspecified atom stereocenters. The van der Waals surface area contributed by atoms with Crippen molar-refractivity contribution in [2.24, 2.45) is 0 Å². The van der Waals surface area contributed by atoms with E-state index in [9.17, 15) is 9.59 Å². The average molecular weight is 454 g/mol. The second-order valence-corrected chi connectivity index (χ2v) is 8.51. The van der Waals surface area contributed by atoms with E-state index >= 15 is 0 Å². The number of anilines is 1. The van der Waals surface area contributed by atoms with Crippen LogP contribution in [0.25, 0.3) is 6.08 Å². The zero-order valence-electron chi connectivity index (χ0n) is 16.5. The van der Waals surface area contributed by atoms with Crippen molar-refractivity contribution in [2.75, 3.05) is 18.0 Å². The fraction of sp³-hybridized carbons (Fsp3) is 0.304. The maximum Gasteiger partial charge on any atom is 0.329 e. The number of benzene rings is 2. The summed E-state index contributed by atoms with van der Waals surface area (Å²) in [6, 6.07) is 13.5. The minimum absolute atomic E-state index is 0.252. The first-order valence-corrected chi connectivity index (χ1v) is 10.8. The summed E-state index contributed by atoms with van der Waals surface area (Å²) < 4.78 is 0.961. The van der Waals surface area contributed by atoms with Gasteiger partial charge in [-0.05, 0) is 73.2 Å². The molecule has 0 aliphatic carbocycles. The summed E-state index contributed by atoms with van der Waals surface area (Å²) >= 11 is 3.39. The van der Waals surface area contributed by atoms with Gasteiger partial charge in [0.15, 0.2) is 0 Å². The normalized spacial score (nSPS) is 18.5. The molecule has 0 radical (unpaired) electrons. The van der Waals surface area contributed by atoms with Gasteiger partial charge in [-0.2, -0.15) is 0 Å². The van der Waals surface area contributed by atoms with E-state index in [1.165, 1.54) is 29.8 Å². The molecule has 0 aromatic heterocycles. The molecule has 2 saturated heterocycles. The summed E-state index contributed by atoms with van der Waals surface area (Å²) in [7, 11) is 0. The van der Waals surface area contributed by atoms with Crippen LogP contribution < -0.4 is 10.2 Å². The predicted molar refractivity (Wildman–Crippen MR) is 118 cm³/mol. The Morgan fingerprint density at radius 3 is 2.45 bits per heavy atom. The molecule has 150 valence electrons. The molecular formula is C23H24BrN3O2. The van der Waals surface area contributed by atoms with Crippen LogP contribution >= 0.6 is 15.9 Å². The maximum absolute atomic E-state index is 12.8. The number of piperidine rings is 1. The first-order chi connectivity index (χ1) is 14.0. The molecule has 4 rings (SSSR count). The van der Waals surface area contributed by atoms with E-state index in [0.717, 1.165) is 34.3 Å². The number of rotatable bonds is 4. The van der Waals surface area contributed by atoms with Gasteiger partial charge in [0.05, 0.1) is 6.54 Å². The van der Waals surface area contributed by atoms with Crippen molar-refractivity contribution >= 4 is 39.6 Å². The van der Waals surface area contributed by atoms with Crippen LogP contribution in [0, 0.1) is 6.92 Å². The van der Waals surface area contributed by atoms with Crippen molar-refractivity contribution in [1.82, 2.24) is 10.2 Å². The van der Waals surface area contributed by atoms with Crippen LogP contribution in [0.3, 0.4) is 0 Å². The molecule has 2 fully saturated rings. The number of hydrogen-bond donors (Lipinski definition) is 1. The molecule has 6 heteroatoms. The number of halogens is 1. The molecule has 0 spiro atoms. The van der Waals surface area contributed by atoms with Crippen molar-refractivity contribution in [3.8, 4) is 0 Å². The highest BCUT2D eigenvalue weighted by atomic mass is 79.9. The number of carbonyl (C=O) groups is 2. The number of aryl methyl sites for hydroxylation is 1. The van der Waals surface area contributed by atoms with Gasteiger partial charge in [0.25, 0.3) is 5.91 Å². The van der Waals surface area contributed by atoms with Gasteiger partial charge in [0.2, 0.25) is 0 Å². The van der Waals surface area contributed by atoms with Gasteiger partial charge in [-0.15, -0.1) is 0 Å². The van der Waals surface area contributed by atoms with Crippen molar-refractivity contribution < 1.29 is 9.59 Å². The van der Waals surface area contributed by atoms with Gasteiger partial charge in [-0.1, -0.05) is 34.1 Å². The fourth-order valence-corrected chi connectivity index (χ4v) is 4.08. The molecule has 0 saturated carbocycles. The first kappa shape index (κ1) is 19.7. The van der Waals surface area contributed by atoms with Crippen molar-refractivity contribution in [1.29, 1.82) is 0 Å². The predicted octanol–water partition coefficient (Wildman–Crippen LogP) is 4.84. The van der Waals surface area contributed by atoms with Gasteiger partial charge in [-0.3, -0.25) is 9.69 Å². The second kappa shape index (κ2) is 8.41. The molecule has 2 aliphatic rings. The Labute approximate surface area is 179 Å². The van der Waals surface area contributed by atoms with Crippen LogP contribution in [0.15, 0.2) is 52.6 Å².